The maximum absolute atomic E-state index is 15.7. The Morgan fingerprint density at radius 2 is 1.83 bits per heavy atom. The predicted molar refractivity (Wildman–Crippen MR) is 225 cm³/mol. The summed E-state index contributed by atoms with van der Waals surface area (Å²) >= 11 is 6.12. The number of hydrogen-bond acceptors (Lipinski definition) is 16. The second kappa shape index (κ2) is 19.6. The molecule has 3 aromatic rings. The third kappa shape index (κ3) is 9.90. The van der Waals surface area contributed by atoms with Crippen LogP contribution in [0.4, 0.5) is 4.39 Å². The quantitative estimate of drug-likeness (QED) is 0.0818. The first-order valence-electron chi connectivity index (χ1n) is 20.1. The molecule has 2 aliphatic heterocycles. The largest absolute Gasteiger partial charge is 0.474 e. The number of rotatable bonds is 17. The second-order valence-electron chi connectivity index (χ2n) is 16.4. The van der Waals surface area contributed by atoms with E-state index in [1.54, 1.807) is 6.07 Å². The molecule has 0 aromatic carbocycles. The van der Waals surface area contributed by atoms with Crippen molar-refractivity contribution in [1.29, 1.82) is 5.26 Å². The fraction of sp³-hybridized carbons (Fsp3) is 0.694. The molecule has 3 aliphatic rings. The predicted octanol–water partition coefficient (Wildman–Crippen LogP) is 6.69. The van der Waals surface area contributed by atoms with Gasteiger partial charge in [0, 0.05) is 30.8 Å². The molecule has 0 bridgehead atoms. The van der Waals surface area contributed by atoms with Crippen LogP contribution in [-0.2, 0) is 52.2 Å². The van der Waals surface area contributed by atoms with E-state index in [-0.39, 0.29) is 65.9 Å². The average molecular weight is 933 g/mol. The third-order valence-electron chi connectivity index (χ3n) is 11.3. The number of nitriles is 1. The minimum atomic E-state index is -3.93. The Morgan fingerprint density at radius 1 is 1.12 bits per heavy atom. The van der Waals surface area contributed by atoms with Crippen molar-refractivity contribution in [3.8, 4) is 11.9 Å². The van der Waals surface area contributed by atoms with Crippen molar-refractivity contribution < 1.29 is 54.4 Å². The summed E-state index contributed by atoms with van der Waals surface area (Å²) in [6, 6.07) is 3.64. The Kier molecular flexibility index (Phi) is 15.4. The number of aromatic amines is 1. The minimum Gasteiger partial charge on any atom is -0.474 e. The topological polar surface area (TPSA) is 221 Å². The van der Waals surface area contributed by atoms with E-state index in [0.717, 1.165) is 6.20 Å². The van der Waals surface area contributed by atoms with Crippen LogP contribution in [0.5, 0.6) is 5.88 Å². The number of nitrogens with zero attached hydrogens (tertiary/aromatic N) is 5. The molecule has 1 saturated carbocycles. The number of halogens is 1. The van der Waals surface area contributed by atoms with Gasteiger partial charge in [-0.15, -0.1) is 0 Å². The van der Waals surface area contributed by atoms with Crippen molar-refractivity contribution in [3.05, 3.63) is 47.3 Å². The van der Waals surface area contributed by atoms with Crippen molar-refractivity contribution >= 4 is 54.9 Å². The molecule has 60 heavy (non-hydrogen) atoms. The molecule has 1 aliphatic carbocycles. The number of H-pyrrole nitrogens is 1. The first-order valence-corrected chi connectivity index (χ1v) is 27.9. The van der Waals surface area contributed by atoms with Gasteiger partial charge in [-0.2, -0.15) is 5.26 Å². The number of nitrogens with one attached hydrogen (secondary N) is 1. The molecule has 1 unspecified atom stereocenters. The monoisotopic (exact) mass is 932 g/mol. The van der Waals surface area contributed by atoms with Crippen LogP contribution in [0.3, 0.4) is 0 Å². The van der Waals surface area contributed by atoms with Gasteiger partial charge in [0.25, 0.3) is 5.56 Å². The van der Waals surface area contributed by atoms with Gasteiger partial charge in [0.15, 0.2) is 17.7 Å². The summed E-state index contributed by atoms with van der Waals surface area (Å²) < 4.78 is 88.6. The molecule has 24 heteroatoms. The van der Waals surface area contributed by atoms with Crippen LogP contribution in [0.1, 0.15) is 80.9 Å². The molecule has 2 N–H and O–H groups in total. The molecule has 5 heterocycles. The SMILES string of the molecule is CC(C)[Si]1(C(C)C)OC[C@H]2O[C@@H](n3cc(F)c4c(=O)[nH]cnc43)[C@H](O[P@](=S)(OCCC#N)OC[C@H]3C[C@@H](Oc4ccncn4)C[C@@H]3O[PH](=O)O)[C@@H]2O[Si](C(C)C)(C(C)C)O1. The van der Waals surface area contributed by atoms with Crippen molar-refractivity contribution in [2.45, 2.75) is 134 Å². The van der Waals surface area contributed by atoms with Gasteiger partial charge < -0.3 is 50.5 Å². The lowest BCUT2D eigenvalue weighted by atomic mass is 10.1. The lowest BCUT2D eigenvalue weighted by Crippen LogP contribution is -2.65. The summed E-state index contributed by atoms with van der Waals surface area (Å²) in [5, 5.41) is 9.19. The highest BCUT2D eigenvalue weighted by atomic mass is 32.5. The van der Waals surface area contributed by atoms with Gasteiger partial charge in [-0.05, 0) is 40.4 Å². The molecule has 18 nitrogen and oxygen atoms in total. The summed E-state index contributed by atoms with van der Waals surface area (Å²) in [4.78, 5) is 37.5. The zero-order valence-electron chi connectivity index (χ0n) is 34.9. The Balaban J connectivity index is 1.41. The van der Waals surface area contributed by atoms with Crippen LogP contribution in [0.15, 0.2) is 35.9 Å². The van der Waals surface area contributed by atoms with Crippen molar-refractivity contribution in [1.82, 2.24) is 24.5 Å². The van der Waals surface area contributed by atoms with Gasteiger partial charge in [-0.3, -0.25) is 13.9 Å². The zero-order valence-corrected chi connectivity index (χ0v) is 39.6. The Bertz CT molecular complexity index is 2100. The van der Waals surface area contributed by atoms with Crippen LogP contribution < -0.4 is 10.3 Å². The number of aromatic nitrogens is 5. The molecule has 2 saturated heterocycles. The van der Waals surface area contributed by atoms with Crippen molar-refractivity contribution in [2.75, 3.05) is 19.8 Å². The molecule has 6 rings (SSSR count). The third-order valence-corrected chi connectivity index (χ3v) is 24.4. The smallest absolute Gasteiger partial charge is 0.335 e. The van der Waals surface area contributed by atoms with E-state index in [9.17, 15) is 19.5 Å². The minimum absolute atomic E-state index is 0.00915. The van der Waals surface area contributed by atoms with Crippen LogP contribution >= 0.6 is 15.0 Å². The van der Waals surface area contributed by atoms with Gasteiger partial charge in [-0.1, -0.05) is 55.4 Å². The molecule has 0 spiro atoms. The van der Waals surface area contributed by atoms with Crippen molar-refractivity contribution in [2.24, 2.45) is 5.92 Å². The van der Waals surface area contributed by atoms with Gasteiger partial charge >= 0.3 is 32.1 Å². The van der Waals surface area contributed by atoms with Crippen molar-refractivity contribution in [3.63, 3.8) is 0 Å². The lowest BCUT2D eigenvalue weighted by Gasteiger charge is -2.51. The van der Waals surface area contributed by atoms with E-state index >= 15 is 4.39 Å². The van der Waals surface area contributed by atoms with E-state index in [2.05, 4.69) is 75.3 Å². The second-order valence-corrected chi connectivity index (χ2v) is 29.0. The Morgan fingerprint density at radius 3 is 2.47 bits per heavy atom. The summed E-state index contributed by atoms with van der Waals surface area (Å²) in [6.07, 6.45) is 0.328. The molecular formula is C36H55FN6O12P2SSi2. The van der Waals surface area contributed by atoms with Gasteiger partial charge in [0.05, 0.1) is 44.7 Å². The summed E-state index contributed by atoms with van der Waals surface area (Å²) in [6.45, 7) is 12.5. The molecule has 332 valence electrons. The molecule has 9 atom stereocenters. The molecule has 0 radical (unpaired) electrons. The van der Waals surface area contributed by atoms with E-state index in [0.29, 0.717) is 12.3 Å². The first kappa shape index (κ1) is 47.2. The number of hydrogen-bond donors (Lipinski definition) is 2. The van der Waals surface area contributed by atoms with E-state index in [4.69, 9.17) is 52.3 Å². The zero-order chi connectivity index (χ0) is 43.6. The van der Waals surface area contributed by atoms with Crippen LogP contribution in [0.25, 0.3) is 11.0 Å². The highest BCUT2D eigenvalue weighted by Gasteiger charge is 2.63. The van der Waals surface area contributed by atoms with E-state index < -0.39 is 86.1 Å². The maximum atomic E-state index is 15.7. The van der Waals surface area contributed by atoms with Gasteiger partial charge in [0.2, 0.25) is 5.88 Å². The van der Waals surface area contributed by atoms with Crippen LogP contribution in [0, 0.1) is 23.1 Å². The maximum Gasteiger partial charge on any atom is 0.335 e. The fourth-order valence-electron chi connectivity index (χ4n) is 8.44. The highest BCUT2D eigenvalue weighted by Crippen LogP contribution is 2.57. The summed E-state index contributed by atoms with van der Waals surface area (Å²) in [5.41, 5.74) is -0.790. The van der Waals surface area contributed by atoms with Gasteiger partial charge in [-0.25, -0.2) is 19.3 Å². The average Bonchev–Trinajstić information content (AvgIpc) is 3.82. The highest BCUT2D eigenvalue weighted by molar-refractivity contribution is 8.07. The Labute approximate surface area is 356 Å². The molecular weight excluding hydrogens is 878 g/mol. The molecule has 3 fully saturated rings. The normalized spacial score (nSPS) is 28.1. The van der Waals surface area contributed by atoms with E-state index in [1.807, 2.05) is 6.07 Å². The summed E-state index contributed by atoms with van der Waals surface area (Å²) in [5.74, 6) is -1.03. The first-order chi connectivity index (χ1) is 28.4. The summed E-state index contributed by atoms with van der Waals surface area (Å²) in [7, 11) is -9.72. The number of fused-ring (bicyclic) bond motifs is 2. The number of ether oxygens (including phenoxy) is 2. The van der Waals surface area contributed by atoms with E-state index in [1.165, 1.54) is 23.4 Å². The fourth-order valence-corrected chi connectivity index (χ4v) is 22.3. The van der Waals surface area contributed by atoms with Crippen LogP contribution in [-0.4, -0.2) is 96.9 Å². The molecule has 3 aromatic heterocycles. The standard InChI is InChI=1S/C36H55FN6O12P2SSi2/c1-21(2)59(22(3)4)49-18-29-32(54-60(55-59,23(5)6)24(7)8)33(36(51-29)43-16-27(37)31-34(43)41-20-42-35(31)44)53-57(58,47-13-9-11-38)48-17-25-14-26(15-28(25)52-56(45)46)50-30-10-12-39-19-40-30/h10,12,16,19-26,28-29,32-33,36,56H,9,13-15,17-18H2,1-8H3,(H,45,46)(H,41,42,44)/t25-,26-,28+,29-,32-,33-,36-,57+/m1/s1. The molecule has 0 amide bonds. The van der Waals surface area contributed by atoms with Crippen LogP contribution in [0.2, 0.25) is 22.2 Å². The lowest BCUT2D eigenvalue weighted by molar-refractivity contribution is -0.0568. The van der Waals surface area contributed by atoms with Gasteiger partial charge in [0.1, 0.15) is 36.1 Å². The Hall–Kier alpha value is -2.33.